The van der Waals surface area contributed by atoms with E-state index < -0.39 is 11.9 Å². The molecule has 0 amide bonds. The van der Waals surface area contributed by atoms with Crippen molar-refractivity contribution in [2.45, 2.75) is 51.4 Å². The minimum Gasteiger partial charge on any atom is -0.481 e. The Labute approximate surface area is 112 Å². The van der Waals surface area contributed by atoms with Crippen LogP contribution in [0.4, 0.5) is 0 Å². The van der Waals surface area contributed by atoms with Crippen LogP contribution < -0.4 is 0 Å². The van der Waals surface area contributed by atoms with E-state index in [1.807, 2.05) is 0 Å². The minimum absolute atomic E-state index is 0.120. The first-order chi connectivity index (χ1) is 9.06. The Morgan fingerprint density at radius 2 is 1.21 bits per heavy atom. The van der Waals surface area contributed by atoms with Crippen molar-refractivity contribution in [2.24, 2.45) is 0 Å². The molecule has 7 nitrogen and oxygen atoms in total. The third kappa shape index (κ3) is 13.1. The summed E-state index contributed by atoms with van der Waals surface area (Å²) in [4.78, 5) is 24.8. The lowest BCUT2D eigenvalue weighted by atomic mass is 10.1. The van der Waals surface area contributed by atoms with Gasteiger partial charge in [0, 0.05) is 25.9 Å². The smallest absolute Gasteiger partial charge is 0.303 e. The molecule has 0 bridgehead atoms. The second-order valence-corrected chi connectivity index (χ2v) is 4.42. The molecule has 19 heavy (non-hydrogen) atoms. The van der Waals surface area contributed by atoms with Crippen molar-refractivity contribution in [1.82, 2.24) is 5.06 Å². The fraction of sp³-hybridized carbons (Fsp3) is 0.833. The van der Waals surface area contributed by atoms with Crippen molar-refractivity contribution in [1.29, 1.82) is 0 Å². The summed E-state index contributed by atoms with van der Waals surface area (Å²) in [5, 5.41) is 26.9. The van der Waals surface area contributed by atoms with Gasteiger partial charge in [-0.3, -0.25) is 9.59 Å². The molecular weight excluding hydrogens is 254 g/mol. The van der Waals surface area contributed by atoms with Crippen LogP contribution in [0.25, 0.3) is 0 Å². The van der Waals surface area contributed by atoms with Crippen LogP contribution in [0.15, 0.2) is 0 Å². The van der Waals surface area contributed by atoms with Crippen molar-refractivity contribution < 1.29 is 30.0 Å². The summed E-state index contributed by atoms with van der Waals surface area (Å²) >= 11 is 0. The Morgan fingerprint density at radius 3 is 1.68 bits per heavy atom. The molecule has 0 aliphatic carbocycles. The summed E-state index contributed by atoms with van der Waals surface area (Å²) in [5.74, 6) is -1.60. The largest absolute Gasteiger partial charge is 0.481 e. The van der Waals surface area contributed by atoms with Crippen LogP contribution in [0.1, 0.15) is 51.4 Å². The number of carbonyl (C=O) groups is 2. The third-order valence-electron chi connectivity index (χ3n) is 2.71. The number of carboxylic acids is 2. The van der Waals surface area contributed by atoms with Gasteiger partial charge >= 0.3 is 11.9 Å². The van der Waals surface area contributed by atoms with Gasteiger partial charge in [0.15, 0.2) is 0 Å². The van der Waals surface area contributed by atoms with Crippen LogP contribution in [-0.2, 0) is 14.6 Å². The molecule has 0 aromatic carbocycles. The number of unbranched alkanes of at least 4 members (excludes halogenated alkanes) is 4. The van der Waals surface area contributed by atoms with Crippen molar-refractivity contribution in [2.75, 3.05) is 13.1 Å². The number of hydroxylamine groups is 2. The Bertz CT molecular complexity index is 259. The van der Waals surface area contributed by atoms with Gasteiger partial charge in [-0.25, -0.2) is 5.26 Å². The quantitative estimate of drug-likeness (QED) is 0.268. The minimum atomic E-state index is -0.824. The molecule has 0 unspecified atom stereocenters. The maximum atomic E-state index is 10.3. The van der Waals surface area contributed by atoms with Gasteiger partial charge in [0.1, 0.15) is 0 Å². The fourth-order valence-corrected chi connectivity index (χ4v) is 1.68. The van der Waals surface area contributed by atoms with Crippen molar-refractivity contribution in [3.63, 3.8) is 0 Å². The molecule has 3 N–H and O–H groups in total. The van der Waals surface area contributed by atoms with Gasteiger partial charge in [-0.15, -0.1) is 4.99 Å². The second-order valence-electron chi connectivity index (χ2n) is 4.42. The average Bonchev–Trinajstić information content (AvgIpc) is 2.35. The lowest BCUT2D eigenvalue weighted by Gasteiger charge is -2.16. The second kappa shape index (κ2) is 11.9. The zero-order valence-electron chi connectivity index (χ0n) is 11.1. The Balaban J connectivity index is 3.43. The van der Waals surface area contributed by atoms with E-state index in [4.69, 9.17) is 15.5 Å². The number of aliphatic carboxylic acids is 2. The molecule has 0 aromatic rings. The number of carboxylic acid groups (broad SMARTS) is 2. The van der Waals surface area contributed by atoms with E-state index in [9.17, 15) is 9.59 Å². The first kappa shape index (κ1) is 17.8. The van der Waals surface area contributed by atoms with Crippen molar-refractivity contribution >= 4 is 11.9 Å². The molecule has 7 heteroatoms. The molecule has 0 aromatic heterocycles. The maximum absolute atomic E-state index is 10.3. The number of hydrogen-bond donors (Lipinski definition) is 3. The van der Waals surface area contributed by atoms with E-state index in [0.29, 0.717) is 32.4 Å². The summed E-state index contributed by atoms with van der Waals surface area (Å²) in [7, 11) is 0. The molecule has 0 fully saturated rings. The molecule has 0 spiro atoms. The molecule has 0 saturated carbocycles. The fourth-order valence-electron chi connectivity index (χ4n) is 1.68. The maximum Gasteiger partial charge on any atom is 0.303 e. The van der Waals surface area contributed by atoms with E-state index in [2.05, 4.69) is 4.99 Å². The van der Waals surface area contributed by atoms with E-state index in [-0.39, 0.29) is 12.8 Å². The van der Waals surface area contributed by atoms with Gasteiger partial charge in [0.25, 0.3) is 0 Å². The molecule has 0 aliphatic rings. The molecule has 0 radical (unpaired) electrons. The van der Waals surface area contributed by atoms with Gasteiger partial charge in [0.05, 0.1) is 0 Å². The summed E-state index contributed by atoms with van der Waals surface area (Å²) in [6, 6.07) is 0. The summed E-state index contributed by atoms with van der Waals surface area (Å²) in [6.45, 7) is 1.04. The summed E-state index contributed by atoms with van der Waals surface area (Å²) < 4.78 is 0. The van der Waals surface area contributed by atoms with Gasteiger partial charge in [-0.05, 0) is 25.7 Å². The van der Waals surface area contributed by atoms with Crippen LogP contribution >= 0.6 is 0 Å². The highest BCUT2D eigenvalue weighted by Gasteiger charge is 2.05. The summed E-state index contributed by atoms with van der Waals surface area (Å²) in [6.07, 6.45) is 4.68. The highest BCUT2D eigenvalue weighted by molar-refractivity contribution is 5.66. The molecule has 0 saturated heterocycles. The van der Waals surface area contributed by atoms with E-state index in [0.717, 1.165) is 19.3 Å². The zero-order valence-corrected chi connectivity index (χ0v) is 11.1. The topological polar surface area (TPSA) is 107 Å². The van der Waals surface area contributed by atoms with Crippen LogP contribution in [0, 0.1) is 0 Å². The van der Waals surface area contributed by atoms with E-state index in [1.165, 1.54) is 5.06 Å². The number of nitrogens with zero attached hydrogens (tertiary/aromatic N) is 1. The third-order valence-corrected chi connectivity index (χ3v) is 2.71. The molecule has 0 atom stereocenters. The van der Waals surface area contributed by atoms with E-state index >= 15 is 0 Å². The van der Waals surface area contributed by atoms with Crippen molar-refractivity contribution in [3.8, 4) is 0 Å². The first-order valence-electron chi connectivity index (χ1n) is 6.56. The SMILES string of the molecule is O=C(O)CCCCCCN(CCCCC(=O)O)OO. The zero-order chi connectivity index (χ0) is 14.5. The van der Waals surface area contributed by atoms with Gasteiger partial charge < -0.3 is 10.2 Å². The van der Waals surface area contributed by atoms with Crippen LogP contribution in [0.2, 0.25) is 0 Å². The predicted octanol–water partition coefficient (Wildman–Crippen LogP) is 1.98. The van der Waals surface area contributed by atoms with Crippen LogP contribution in [-0.4, -0.2) is 45.6 Å². The van der Waals surface area contributed by atoms with Crippen LogP contribution in [0.5, 0.6) is 0 Å². The molecule has 0 aliphatic heterocycles. The molecular formula is C12H23NO6. The lowest BCUT2D eigenvalue weighted by Crippen LogP contribution is -2.25. The highest BCUT2D eigenvalue weighted by atomic mass is 17.2. The van der Waals surface area contributed by atoms with Crippen molar-refractivity contribution in [3.05, 3.63) is 0 Å². The highest BCUT2D eigenvalue weighted by Crippen LogP contribution is 2.06. The standard InChI is InChI=1S/C12H23NO6/c14-11(15)7-3-1-2-5-9-13(19-18)10-6-4-8-12(16)17/h18H,1-10H2,(H,14,15)(H,16,17). The lowest BCUT2D eigenvalue weighted by molar-refractivity contribution is -0.396. The molecule has 112 valence electrons. The normalized spacial score (nSPS) is 10.8. The predicted molar refractivity (Wildman–Crippen MR) is 67.5 cm³/mol. The Hall–Kier alpha value is -1.18. The van der Waals surface area contributed by atoms with E-state index in [1.54, 1.807) is 0 Å². The van der Waals surface area contributed by atoms with Crippen LogP contribution in [0.3, 0.4) is 0 Å². The number of rotatable bonds is 13. The average molecular weight is 277 g/mol. The Morgan fingerprint density at radius 1 is 0.789 bits per heavy atom. The summed E-state index contributed by atoms with van der Waals surface area (Å²) in [5.41, 5.74) is 0. The monoisotopic (exact) mass is 277 g/mol. The van der Waals surface area contributed by atoms with Gasteiger partial charge in [-0.2, -0.15) is 5.06 Å². The molecule has 0 heterocycles. The first-order valence-corrected chi connectivity index (χ1v) is 6.56. The van der Waals surface area contributed by atoms with Gasteiger partial charge in [-0.1, -0.05) is 12.8 Å². The Kier molecular flexibility index (Phi) is 11.1. The molecule has 0 rings (SSSR count). The number of hydrogen-bond acceptors (Lipinski definition) is 5. The van der Waals surface area contributed by atoms with Gasteiger partial charge in [0.2, 0.25) is 0 Å².